The van der Waals surface area contributed by atoms with Crippen LogP contribution in [-0.2, 0) is 13.5 Å². The summed E-state index contributed by atoms with van der Waals surface area (Å²) in [6.45, 7) is 0.555. The summed E-state index contributed by atoms with van der Waals surface area (Å²) in [4.78, 5) is 0. The van der Waals surface area contributed by atoms with Crippen molar-refractivity contribution in [2.24, 2.45) is 12.8 Å². The summed E-state index contributed by atoms with van der Waals surface area (Å²) < 4.78 is 20.3. The normalized spacial score (nSPS) is 10.7. The molecule has 2 rings (SSSR count). The lowest BCUT2D eigenvalue weighted by molar-refractivity contribution is 0.415. The summed E-state index contributed by atoms with van der Waals surface area (Å²) in [7, 11) is 3.40. The number of aromatic nitrogens is 2. The molecule has 2 N–H and O–H groups in total. The molecule has 0 saturated carbocycles. The Hall–Kier alpha value is -1.88. The second kappa shape index (κ2) is 5.18. The molecule has 4 nitrogen and oxygen atoms in total. The number of methoxy groups -OCH3 is 1. The Labute approximate surface area is 105 Å². The van der Waals surface area contributed by atoms with Gasteiger partial charge >= 0.3 is 0 Å². The van der Waals surface area contributed by atoms with Crippen molar-refractivity contribution in [3.8, 4) is 17.0 Å². The van der Waals surface area contributed by atoms with E-state index >= 15 is 0 Å². The highest BCUT2D eigenvalue weighted by molar-refractivity contribution is 5.67. The number of hydrogen-bond donors (Lipinski definition) is 1. The number of halogens is 1. The van der Waals surface area contributed by atoms with Crippen molar-refractivity contribution in [1.29, 1.82) is 0 Å². The number of benzene rings is 1. The van der Waals surface area contributed by atoms with Crippen molar-refractivity contribution in [2.45, 2.75) is 6.42 Å². The van der Waals surface area contributed by atoms with Crippen LogP contribution in [0.3, 0.4) is 0 Å². The van der Waals surface area contributed by atoms with E-state index in [1.54, 1.807) is 17.9 Å². The first-order valence-electron chi connectivity index (χ1n) is 5.72. The predicted molar refractivity (Wildman–Crippen MR) is 67.9 cm³/mol. The molecule has 5 heteroatoms. The monoisotopic (exact) mass is 249 g/mol. The fourth-order valence-electron chi connectivity index (χ4n) is 1.90. The number of aryl methyl sites for hydroxylation is 1. The van der Waals surface area contributed by atoms with E-state index in [2.05, 4.69) is 5.10 Å². The van der Waals surface area contributed by atoms with Gasteiger partial charge in [0.15, 0.2) is 0 Å². The molecule has 96 valence electrons. The lowest BCUT2D eigenvalue weighted by Gasteiger charge is -2.05. The summed E-state index contributed by atoms with van der Waals surface area (Å²) in [6, 6.07) is 6.30. The van der Waals surface area contributed by atoms with Crippen LogP contribution >= 0.6 is 0 Å². The zero-order valence-corrected chi connectivity index (χ0v) is 10.5. The molecule has 0 amide bonds. The van der Waals surface area contributed by atoms with Gasteiger partial charge in [-0.2, -0.15) is 5.10 Å². The molecule has 0 aliphatic heterocycles. The zero-order chi connectivity index (χ0) is 13.1. The Balaban J connectivity index is 2.47. The van der Waals surface area contributed by atoms with Gasteiger partial charge < -0.3 is 10.5 Å². The van der Waals surface area contributed by atoms with Crippen molar-refractivity contribution >= 4 is 0 Å². The van der Waals surface area contributed by atoms with E-state index in [1.165, 1.54) is 12.1 Å². The lowest BCUT2D eigenvalue weighted by Crippen LogP contribution is -2.06. The molecule has 0 atom stereocenters. The highest BCUT2D eigenvalue weighted by Crippen LogP contribution is 2.30. The van der Waals surface area contributed by atoms with Gasteiger partial charge in [-0.3, -0.25) is 4.68 Å². The summed E-state index contributed by atoms with van der Waals surface area (Å²) in [6.07, 6.45) is 0.737. The second-order valence-electron chi connectivity index (χ2n) is 4.03. The quantitative estimate of drug-likeness (QED) is 0.898. The first kappa shape index (κ1) is 12.6. The van der Waals surface area contributed by atoms with Crippen LogP contribution in [0.2, 0.25) is 0 Å². The van der Waals surface area contributed by atoms with E-state index in [4.69, 9.17) is 10.5 Å². The minimum absolute atomic E-state index is 0.308. The topological polar surface area (TPSA) is 53.1 Å². The van der Waals surface area contributed by atoms with Crippen LogP contribution in [0.15, 0.2) is 24.3 Å². The molecule has 18 heavy (non-hydrogen) atoms. The van der Waals surface area contributed by atoms with E-state index in [0.717, 1.165) is 12.1 Å². The van der Waals surface area contributed by atoms with Gasteiger partial charge in [-0.25, -0.2) is 4.39 Å². The average molecular weight is 249 g/mol. The van der Waals surface area contributed by atoms with Gasteiger partial charge in [-0.15, -0.1) is 0 Å². The standard InChI is InChI=1S/C13H16FN3O/c1-17-10(5-6-15)8-12(16-17)11-7-9(14)3-4-13(11)18-2/h3-4,7-8H,5-6,15H2,1-2H3. The number of rotatable bonds is 4. The van der Waals surface area contributed by atoms with Gasteiger partial charge in [0.2, 0.25) is 0 Å². The molecule has 0 aliphatic rings. The molecule has 1 heterocycles. The molecule has 0 unspecified atom stereocenters. The van der Waals surface area contributed by atoms with Crippen LogP contribution in [0, 0.1) is 5.82 Å². The fourth-order valence-corrected chi connectivity index (χ4v) is 1.90. The predicted octanol–water partition coefficient (Wildman–Crippen LogP) is 1.74. The molecular formula is C13H16FN3O. The van der Waals surface area contributed by atoms with Crippen LogP contribution in [0.1, 0.15) is 5.69 Å². The third kappa shape index (κ3) is 2.36. The maximum Gasteiger partial charge on any atom is 0.128 e. The van der Waals surface area contributed by atoms with Crippen LogP contribution in [-0.4, -0.2) is 23.4 Å². The molecule has 0 radical (unpaired) electrons. The van der Waals surface area contributed by atoms with Crippen molar-refractivity contribution in [2.75, 3.05) is 13.7 Å². The van der Waals surface area contributed by atoms with Crippen molar-refractivity contribution in [3.05, 3.63) is 35.8 Å². The molecule has 0 aliphatic carbocycles. The second-order valence-corrected chi connectivity index (χ2v) is 4.03. The first-order valence-corrected chi connectivity index (χ1v) is 5.72. The van der Waals surface area contributed by atoms with E-state index in [0.29, 0.717) is 23.6 Å². The summed E-state index contributed by atoms with van der Waals surface area (Å²) >= 11 is 0. The van der Waals surface area contributed by atoms with E-state index in [9.17, 15) is 4.39 Å². The highest BCUT2D eigenvalue weighted by Gasteiger charge is 2.12. The smallest absolute Gasteiger partial charge is 0.128 e. The van der Waals surface area contributed by atoms with Crippen LogP contribution in [0.25, 0.3) is 11.3 Å². The zero-order valence-electron chi connectivity index (χ0n) is 10.5. The molecule has 1 aromatic carbocycles. The number of hydrogen-bond acceptors (Lipinski definition) is 3. The molecule has 0 fully saturated rings. The summed E-state index contributed by atoms with van der Waals surface area (Å²) in [5.74, 6) is 0.297. The van der Waals surface area contributed by atoms with Crippen molar-refractivity contribution in [3.63, 3.8) is 0 Å². The van der Waals surface area contributed by atoms with Crippen LogP contribution in [0.5, 0.6) is 5.75 Å². The van der Waals surface area contributed by atoms with Gasteiger partial charge in [-0.05, 0) is 30.8 Å². The van der Waals surface area contributed by atoms with Crippen molar-refractivity contribution < 1.29 is 9.13 Å². The molecular weight excluding hydrogens is 233 g/mol. The van der Waals surface area contributed by atoms with Gasteiger partial charge in [0.05, 0.1) is 12.8 Å². The molecule has 2 aromatic rings. The fraction of sp³-hybridized carbons (Fsp3) is 0.308. The Morgan fingerprint density at radius 1 is 1.39 bits per heavy atom. The average Bonchev–Trinajstić information content (AvgIpc) is 2.71. The number of nitrogens with two attached hydrogens (primary N) is 1. The number of ether oxygens (including phenoxy) is 1. The number of nitrogens with zero attached hydrogens (tertiary/aromatic N) is 2. The van der Waals surface area contributed by atoms with E-state index in [-0.39, 0.29) is 5.82 Å². The Kier molecular flexibility index (Phi) is 3.62. The largest absolute Gasteiger partial charge is 0.496 e. The van der Waals surface area contributed by atoms with E-state index in [1.807, 2.05) is 13.1 Å². The van der Waals surface area contributed by atoms with Gasteiger partial charge in [-0.1, -0.05) is 0 Å². The molecule has 0 spiro atoms. The van der Waals surface area contributed by atoms with Crippen molar-refractivity contribution in [1.82, 2.24) is 9.78 Å². The van der Waals surface area contributed by atoms with Gasteiger partial charge in [0.1, 0.15) is 11.6 Å². The highest BCUT2D eigenvalue weighted by atomic mass is 19.1. The summed E-state index contributed by atoms with van der Waals surface area (Å²) in [5.41, 5.74) is 7.89. The Bertz CT molecular complexity index is 551. The molecule has 1 aromatic heterocycles. The maximum atomic E-state index is 13.3. The van der Waals surface area contributed by atoms with Gasteiger partial charge in [0.25, 0.3) is 0 Å². The SMILES string of the molecule is COc1ccc(F)cc1-c1cc(CCN)n(C)n1. The van der Waals surface area contributed by atoms with Crippen LogP contribution in [0.4, 0.5) is 4.39 Å². The van der Waals surface area contributed by atoms with E-state index < -0.39 is 0 Å². The Morgan fingerprint density at radius 3 is 2.83 bits per heavy atom. The first-order chi connectivity index (χ1) is 8.65. The van der Waals surface area contributed by atoms with Gasteiger partial charge in [0, 0.05) is 24.7 Å². The lowest BCUT2D eigenvalue weighted by atomic mass is 10.1. The molecule has 0 saturated heterocycles. The maximum absolute atomic E-state index is 13.3. The third-order valence-electron chi connectivity index (χ3n) is 2.81. The van der Waals surface area contributed by atoms with Crippen LogP contribution < -0.4 is 10.5 Å². The minimum Gasteiger partial charge on any atom is -0.496 e. The minimum atomic E-state index is -0.308. The molecule has 0 bridgehead atoms. The third-order valence-corrected chi connectivity index (χ3v) is 2.81. The Morgan fingerprint density at radius 2 is 2.17 bits per heavy atom. The summed E-state index contributed by atoms with van der Waals surface area (Å²) in [5, 5.41) is 4.36.